The molecular weight excluding hydrogens is 204 g/mol. The third kappa shape index (κ3) is 2.12. The van der Waals surface area contributed by atoms with Gasteiger partial charge in [-0.2, -0.15) is 0 Å². The first-order valence-electron chi connectivity index (χ1n) is 4.50. The average Bonchev–Trinajstić information content (AvgIpc) is 2.15. The summed E-state index contributed by atoms with van der Waals surface area (Å²) in [5.41, 5.74) is -0.276. The number of hydrogen-bond donors (Lipinski definition) is 1. The van der Waals surface area contributed by atoms with Crippen molar-refractivity contribution < 1.29 is 18.3 Å². The van der Waals surface area contributed by atoms with Gasteiger partial charge >= 0.3 is 0 Å². The second-order valence-corrected chi connectivity index (χ2v) is 3.33. The van der Waals surface area contributed by atoms with Crippen molar-refractivity contribution in [1.82, 2.24) is 5.32 Å². The summed E-state index contributed by atoms with van der Waals surface area (Å²) in [5, 5.41) is 2.53. The van der Waals surface area contributed by atoms with Crippen LogP contribution in [0.5, 0.6) is 0 Å². The number of benzene rings is 1. The molecular formula is C10H9F2NO2. The van der Waals surface area contributed by atoms with E-state index in [9.17, 15) is 13.6 Å². The van der Waals surface area contributed by atoms with Crippen LogP contribution in [0, 0.1) is 11.6 Å². The molecule has 0 radical (unpaired) electrons. The minimum atomic E-state index is -0.728. The molecule has 80 valence electrons. The van der Waals surface area contributed by atoms with Crippen LogP contribution in [-0.4, -0.2) is 25.2 Å². The number of rotatable bonds is 2. The fraction of sp³-hybridized carbons (Fsp3) is 0.300. The molecule has 15 heavy (non-hydrogen) atoms. The lowest BCUT2D eigenvalue weighted by Gasteiger charge is -2.26. The third-order valence-corrected chi connectivity index (χ3v) is 2.15. The van der Waals surface area contributed by atoms with Crippen LogP contribution in [-0.2, 0) is 4.74 Å². The fourth-order valence-electron chi connectivity index (χ4n) is 1.25. The zero-order valence-electron chi connectivity index (χ0n) is 7.80. The zero-order valence-corrected chi connectivity index (χ0v) is 7.80. The summed E-state index contributed by atoms with van der Waals surface area (Å²) in [6, 6.07) is 2.68. The first-order valence-corrected chi connectivity index (χ1v) is 4.50. The monoisotopic (exact) mass is 213 g/mol. The van der Waals surface area contributed by atoms with E-state index in [1.54, 1.807) is 0 Å². The molecule has 0 unspecified atom stereocenters. The summed E-state index contributed by atoms with van der Waals surface area (Å²) in [5.74, 6) is -1.97. The van der Waals surface area contributed by atoms with Gasteiger partial charge < -0.3 is 10.1 Å². The number of amides is 1. The van der Waals surface area contributed by atoms with Gasteiger partial charge in [0.05, 0.1) is 24.8 Å². The molecule has 1 aromatic rings. The maximum absolute atomic E-state index is 13.1. The lowest BCUT2D eigenvalue weighted by atomic mass is 10.1. The Labute approximate surface area is 85.0 Å². The Kier molecular flexibility index (Phi) is 2.64. The second-order valence-electron chi connectivity index (χ2n) is 3.33. The third-order valence-electron chi connectivity index (χ3n) is 2.15. The highest BCUT2D eigenvalue weighted by Crippen LogP contribution is 2.10. The molecule has 0 aliphatic carbocycles. The first kappa shape index (κ1) is 10.0. The quantitative estimate of drug-likeness (QED) is 0.798. The Morgan fingerprint density at radius 1 is 1.40 bits per heavy atom. The number of carbonyl (C=O) groups is 1. The zero-order chi connectivity index (χ0) is 10.8. The number of hydrogen-bond acceptors (Lipinski definition) is 2. The highest BCUT2D eigenvalue weighted by Gasteiger charge is 2.22. The molecule has 0 atom stereocenters. The number of halogens is 2. The molecule has 1 aliphatic rings. The van der Waals surface area contributed by atoms with Gasteiger partial charge in [0.1, 0.15) is 11.6 Å². The molecule has 1 saturated heterocycles. The summed E-state index contributed by atoms with van der Waals surface area (Å²) in [6.07, 6.45) is 0. The van der Waals surface area contributed by atoms with Crippen LogP contribution in [0.1, 0.15) is 10.4 Å². The predicted octanol–water partition coefficient (Wildman–Crippen LogP) is 1.09. The molecule has 1 aliphatic heterocycles. The van der Waals surface area contributed by atoms with Crippen molar-refractivity contribution in [1.29, 1.82) is 0 Å². The number of ether oxygens (including phenoxy) is 1. The molecule has 0 bridgehead atoms. The molecule has 1 N–H and O–H groups in total. The molecule has 1 amide bonds. The van der Waals surface area contributed by atoms with Crippen LogP contribution in [0.2, 0.25) is 0 Å². The van der Waals surface area contributed by atoms with Gasteiger partial charge in [0.2, 0.25) is 0 Å². The van der Waals surface area contributed by atoms with Crippen LogP contribution in [0.25, 0.3) is 0 Å². The molecule has 2 rings (SSSR count). The van der Waals surface area contributed by atoms with Gasteiger partial charge in [-0.1, -0.05) is 0 Å². The Hall–Kier alpha value is -1.49. The highest BCUT2D eigenvalue weighted by molar-refractivity contribution is 5.94. The molecule has 1 aromatic carbocycles. The molecule has 5 heteroatoms. The largest absolute Gasteiger partial charge is 0.377 e. The van der Waals surface area contributed by atoms with Crippen molar-refractivity contribution in [3.05, 3.63) is 35.4 Å². The summed E-state index contributed by atoms with van der Waals surface area (Å²) in [4.78, 5) is 11.4. The average molecular weight is 213 g/mol. The molecule has 1 fully saturated rings. The van der Waals surface area contributed by atoms with E-state index in [0.717, 1.165) is 18.2 Å². The summed E-state index contributed by atoms with van der Waals surface area (Å²) in [6.45, 7) is 0.839. The van der Waals surface area contributed by atoms with Crippen molar-refractivity contribution >= 4 is 5.91 Å². The Morgan fingerprint density at radius 3 is 2.73 bits per heavy atom. The Balaban J connectivity index is 2.12. The van der Waals surface area contributed by atoms with Crippen LogP contribution in [0.3, 0.4) is 0 Å². The Bertz CT molecular complexity index is 391. The minimum Gasteiger partial charge on any atom is -0.377 e. The van der Waals surface area contributed by atoms with Crippen molar-refractivity contribution in [2.45, 2.75) is 6.04 Å². The van der Waals surface area contributed by atoms with Gasteiger partial charge in [-0.05, 0) is 18.2 Å². The Morgan fingerprint density at radius 2 is 2.13 bits per heavy atom. The smallest absolute Gasteiger partial charge is 0.254 e. The van der Waals surface area contributed by atoms with Gasteiger partial charge in [-0.25, -0.2) is 8.78 Å². The summed E-state index contributed by atoms with van der Waals surface area (Å²) < 4.78 is 30.7. The van der Waals surface area contributed by atoms with Crippen molar-refractivity contribution in [3.63, 3.8) is 0 Å². The van der Waals surface area contributed by atoms with Crippen molar-refractivity contribution in [2.24, 2.45) is 0 Å². The van der Waals surface area contributed by atoms with E-state index in [4.69, 9.17) is 4.74 Å². The first-order chi connectivity index (χ1) is 7.16. The van der Waals surface area contributed by atoms with E-state index in [2.05, 4.69) is 5.32 Å². The van der Waals surface area contributed by atoms with E-state index in [1.807, 2.05) is 0 Å². The van der Waals surface area contributed by atoms with E-state index >= 15 is 0 Å². The van der Waals surface area contributed by atoms with Crippen LogP contribution < -0.4 is 5.32 Å². The molecule has 0 saturated carbocycles. The topological polar surface area (TPSA) is 38.3 Å². The predicted molar refractivity (Wildman–Crippen MR) is 48.4 cm³/mol. The van der Waals surface area contributed by atoms with Crippen molar-refractivity contribution in [2.75, 3.05) is 13.2 Å². The van der Waals surface area contributed by atoms with E-state index in [-0.39, 0.29) is 11.6 Å². The SMILES string of the molecule is O=C(NC1COC1)c1cc(F)ccc1F. The lowest BCUT2D eigenvalue weighted by Crippen LogP contribution is -2.48. The molecule has 0 spiro atoms. The second kappa shape index (κ2) is 3.94. The fourth-order valence-corrected chi connectivity index (χ4v) is 1.25. The molecule has 0 aromatic heterocycles. The van der Waals surface area contributed by atoms with Gasteiger partial charge in [-0.3, -0.25) is 4.79 Å². The van der Waals surface area contributed by atoms with E-state index in [1.165, 1.54) is 0 Å². The van der Waals surface area contributed by atoms with Crippen LogP contribution in [0.4, 0.5) is 8.78 Å². The van der Waals surface area contributed by atoms with Gasteiger partial charge in [0.25, 0.3) is 5.91 Å². The standard InChI is InChI=1S/C10H9F2NO2/c11-6-1-2-9(12)8(3-6)10(14)13-7-4-15-5-7/h1-3,7H,4-5H2,(H,13,14). The molecule has 1 heterocycles. The maximum atomic E-state index is 13.1. The molecule has 3 nitrogen and oxygen atoms in total. The van der Waals surface area contributed by atoms with Crippen LogP contribution >= 0.6 is 0 Å². The summed E-state index contributed by atoms with van der Waals surface area (Å²) in [7, 11) is 0. The van der Waals surface area contributed by atoms with Crippen LogP contribution in [0.15, 0.2) is 18.2 Å². The number of nitrogens with one attached hydrogen (secondary N) is 1. The summed E-state index contributed by atoms with van der Waals surface area (Å²) >= 11 is 0. The number of carbonyl (C=O) groups excluding carboxylic acids is 1. The maximum Gasteiger partial charge on any atom is 0.254 e. The lowest BCUT2D eigenvalue weighted by molar-refractivity contribution is -0.00353. The normalized spacial score (nSPS) is 15.9. The van der Waals surface area contributed by atoms with E-state index < -0.39 is 17.5 Å². The van der Waals surface area contributed by atoms with E-state index in [0.29, 0.717) is 13.2 Å². The van der Waals surface area contributed by atoms with Crippen molar-refractivity contribution in [3.8, 4) is 0 Å². The van der Waals surface area contributed by atoms with Gasteiger partial charge in [0, 0.05) is 0 Å². The van der Waals surface area contributed by atoms with Gasteiger partial charge in [0.15, 0.2) is 0 Å². The minimum absolute atomic E-state index is 0.0971. The highest BCUT2D eigenvalue weighted by atomic mass is 19.1. The van der Waals surface area contributed by atoms with Gasteiger partial charge in [-0.15, -0.1) is 0 Å².